The lowest BCUT2D eigenvalue weighted by Crippen LogP contribution is -2.33. The van der Waals surface area contributed by atoms with Crippen LogP contribution in [0.4, 0.5) is 5.69 Å². The molecule has 0 saturated heterocycles. The minimum Gasteiger partial charge on any atom is -0.423 e. The molecule has 76 valence electrons. The third-order valence-corrected chi connectivity index (χ3v) is 2.25. The molecule has 1 aromatic carbocycles. The van der Waals surface area contributed by atoms with Crippen LogP contribution in [0.2, 0.25) is 0 Å². The molecular weight excluding hydrogens is 177 g/mol. The molecule has 0 aliphatic heterocycles. The number of aryl methyl sites for hydroxylation is 1. The number of hydrogen-bond donors (Lipinski definition) is 3. The van der Waals surface area contributed by atoms with Gasteiger partial charge in [-0.05, 0) is 36.0 Å². The van der Waals surface area contributed by atoms with Crippen molar-refractivity contribution in [3.63, 3.8) is 0 Å². The van der Waals surface area contributed by atoms with Gasteiger partial charge in [-0.2, -0.15) is 0 Å². The molecule has 3 nitrogen and oxygen atoms in total. The van der Waals surface area contributed by atoms with Gasteiger partial charge >= 0.3 is 7.12 Å². The van der Waals surface area contributed by atoms with E-state index in [1.165, 1.54) is 0 Å². The first-order valence-electron chi connectivity index (χ1n) is 4.89. The Kier molecular flexibility index (Phi) is 3.98. The summed E-state index contributed by atoms with van der Waals surface area (Å²) in [5.74, 6) is 0. The van der Waals surface area contributed by atoms with Crippen LogP contribution in [0.25, 0.3) is 0 Å². The van der Waals surface area contributed by atoms with Crippen LogP contribution < -0.4 is 11.2 Å². The van der Waals surface area contributed by atoms with Crippen molar-refractivity contribution in [2.45, 2.75) is 26.2 Å². The summed E-state index contributed by atoms with van der Waals surface area (Å²) in [4.78, 5) is 0. The van der Waals surface area contributed by atoms with Gasteiger partial charge in [-0.15, -0.1) is 0 Å². The Morgan fingerprint density at radius 2 is 2.07 bits per heavy atom. The molecule has 4 N–H and O–H groups in total. The average molecular weight is 193 g/mol. The maximum atomic E-state index is 9.13. The fraction of sp³-hybridized carbons (Fsp3) is 0.400. The van der Waals surface area contributed by atoms with Gasteiger partial charge in [0, 0.05) is 5.69 Å². The highest BCUT2D eigenvalue weighted by Gasteiger charge is 2.15. The molecule has 0 saturated carbocycles. The maximum absolute atomic E-state index is 9.13. The molecule has 0 bridgehead atoms. The number of unbranched alkanes of at least 4 members (excludes halogenated alkanes) is 1. The van der Waals surface area contributed by atoms with Crippen molar-refractivity contribution in [1.82, 2.24) is 0 Å². The molecule has 0 aromatic heterocycles. The Labute approximate surface area is 84.7 Å². The molecular formula is C10H16BNO2. The van der Waals surface area contributed by atoms with E-state index in [0.29, 0.717) is 11.2 Å². The van der Waals surface area contributed by atoms with Gasteiger partial charge in [0.2, 0.25) is 0 Å². The van der Waals surface area contributed by atoms with Gasteiger partial charge in [-0.3, -0.25) is 0 Å². The second kappa shape index (κ2) is 5.03. The van der Waals surface area contributed by atoms with Gasteiger partial charge in [0.1, 0.15) is 0 Å². The highest BCUT2D eigenvalue weighted by Crippen LogP contribution is 2.07. The highest BCUT2D eigenvalue weighted by molar-refractivity contribution is 6.59. The SMILES string of the molecule is CCCCc1ccc(N)cc1B(O)O. The van der Waals surface area contributed by atoms with E-state index in [1.54, 1.807) is 12.1 Å². The van der Waals surface area contributed by atoms with Crippen LogP contribution in [0.5, 0.6) is 0 Å². The fourth-order valence-corrected chi connectivity index (χ4v) is 1.45. The summed E-state index contributed by atoms with van der Waals surface area (Å²) in [6, 6.07) is 5.27. The lowest BCUT2D eigenvalue weighted by Gasteiger charge is -2.09. The monoisotopic (exact) mass is 193 g/mol. The van der Waals surface area contributed by atoms with Crippen LogP contribution in [0, 0.1) is 0 Å². The van der Waals surface area contributed by atoms with E-state index in [2.05, 4.69) is 6.92 Å². The first-order valence-corrected chi connectivity index (χ1v) is 4.89. The average Bonchev–Trinajstić information content (AvgIpc) is 2.15. The third-order valence-electron chi connectivity index (χ3n) is 2.25. The van der Waals surface area contributed by atoms with Crippen molar-refractivity contribution in [2.24, 2.45) is 0 Å². The van der Waals surface area contributed by atoms with Gasteiger partial charge in [-0.1, -0.05) is 19.4 Å². The van der Waals surface area contributed by atoms with Gasteiger partial charge in [0.15, 0.2) is 0 Å². The third kappa shape index (κ3) is 2.75. The number of benzene rings is 1. The number of anilines is 1. The van der Waals surface area contributed by atoms with Crippen molar-refractivity contribution < 1.29 is 10.0 Å². The van der Waals surface area contributed by atoms with Gasteiger partial charge in [0.25, 0.3) is 0 Å². The lowest BCUT2D eigenvalue weighted by molar-refractivity contribution is 0.425. The molecule has 0 aliphatic carbocycles. The second-order valence-electron chi connectivity index (χ2n) is 3.44. The van der Waals surface area contributed by atoms with Crippen molar-refractivity contribution in [2.75, 3.05) is 5.73 Å². The van der Waals surface area contributed by atoms with E-state index in [0.717, 1.165) is 24.8 Å². The van der Waals surface area contributed by atoms with Crippen LogP contribution in [-0.2, 0) is 6.42 Å². The zero-order valence-corrected chi connectivity index (χ0v) is 8.40. The lowest BCUT2D eigenvalue weighted by atomic mass is 9.76. The van der Waals surface area contributed by atoms with Crippen molar-refractivity contribution in [3.8, 4) is 0 Å². The zero-order chi connectivity index (χ0) is 10.6. The standard InChI is InChI=1S/C10H16BNO2/c1-2-3-4-8-5-6-9(12)7-10(8)11(13)14/h5-7,13-14H,2-4,12H2,1H3. The summed E-state index contributed by atoms with van der Waals surface area (Å²) < 4.78 is 0. The van der Waals surface area contributed by atoms with Crippen molar-refractivity contribution in [1.29, 1.82) is 0 Å². The van der Waals surface area contributed by atoms with Crippen molar-refractivity contribution in [3.05, 3.63) is 23.8 Å². The molecule has 0 unspecified atom stereocenters. The maximum Gasteiger partial charge on any atom is 0.488 e. The van der Waals surface area contributed by atoms with E-state index in [1.807, 2.05) is 6.07 Å². The number of rotatable bonds is 4. The molecule has 0 heterocycles. The predicted molar refractivity (Wildman–Crippen MR) is 59.3 cm³/mol. The molecule has 1 rings (SSSR count). The van der Waals surface area contributed by atoms with Gasteiger partial charge < -0.3 is 15.8 Å². The van der Waals surface area contributed by atoms with Gasteiger partial charge in [0.05, 0.1) is 0 Å². The number of nitrogen functional groups attached to an aromatic ring is 1. The normalized spacial score (nSPS) is 10.2. The Morgan fingerprint density at radius 3 is 2.64 bits per heavy atom. The minimum absolute atomic E-state index is 0.526. The molecule has 0 aliphatic rings. The number of nitrogens with two attached hydrogens (primary N) is 1. The van der Waals surface area contributed by atoms with Gasteiger partial charge in [-0.25, -0.2) is 0 Å². The molecule has 0 radical (unpaired) electrons. The zero-order valence-electron chi connectivity index (χ0n) is 8.40. The van der Waals surface area contributed by atoms with Crippen LogP contribution in [0.3, 0.4) is 0 Å². The molecule has 0 amide bonds. The van der Waals surface area contributed by atoms with Crippen LogP contribution >= 0.6 is 0 Å². The molecule has 1 aromatic rings. The molecule has 14 heavy (non-hydrogen) atoms. The molecule has 0 fully saturated rings. The number of hydrogen-bond acceptors (Lipinski definition) is 3. The Bertz CT molecular complexity index is 302. The summed E-state index contributed by atoms with van der Waals surface area (Å²) in [5.41, 5.74) is 7.63. The summed E-state index contributed by atoms with van der Waals surface area (Å²) in [7, 11) is -1.43. The Morgan fingerprint density at radius 1 is 1.36 bits per heavy atom. The van der Waals surface area contributed by atoms with E-state index in [9.17, 15) is 0 Å². The Hall–Kier alpha value is -0.995. The first kappa shape index (κ1) is 11.1. The first-order chi connectivity index (χ1) is 6.65. The smallest absolute Gasteiger partial charge is 0.423 e. The van der Waals surface area contributed by atoms with Crippen LogP contribution in [-0.4, -0.2) is 17.2 Å². The molecule has 4 heteroatoms. The van der Waals surface area contributed by atoms with Crippen LogP contribution in [0.15, 0.2) is 18.2 Å². The van der Waals surface area contributed by atoms with Crippen molar-refractivity contribution >= 4 is 18.3 Å². The summed E-state index contributed by atoms with van der Waals surface area (Å²) in [6.45, 7) is 2.10. The molecule has 0 spiro atoms. The summed E-state index contributed by atoms with van der Waals surface area (Å²) >= 11 is 0. The summed E-state index contributed by atoms with van der Waals surface area (Å²) in [6.07, 6.45) is 3.00. The fourth-order valence-electron chi connectivity index (χ4n) is 1.45. The highest BCUT2D eigenvalue weighted by atomic mass is 16.4. The van der Waals surface area contributed by atoms with E-state index in [4.69, 9.17) is 15.8 Å². The minimum atomic E-state index is -1.43. The molecule has 0 atom stereocenters. The largest absolute Gasteiger partial charge is 0.488 e. The summed E-state index contributed by atoms with van der Waals surface area (Å²) in [5, 5.41) is 18.3. The Balaban J connectivity index is 2.90. The van der Waals surface area contributed by atoms with E-state index >= 15 is 0 Å². The van der Waals surface area contributed by atoms with E-state index < -0.39 is 7.12 Å². The topological polar surface area (TPSA) is 66.5 Å². The van der Waals surface area contributed by atoms with Crippen LogP contribution in [0.1, 0.15) is 25.3 Å². The van der Waals surface area contributed by atoms with E-state index in [-0.39, 0.29) is 0 Å². The second-order valence-corrected chi connectivity index (χ2v) is 3.44. The predicted octanol–water partition coefficient (Wildman–Crippen LogP) is 0.291. The quantitative estimate of drug-likeness (QED) is 0.475.